The summed E-state index contributed by atoms with van der Waals surface area (Å²) in [6.07, 6.45) is 4.88. The molecule has 0 saturated heterocycles. The molecule has 10 N–H and O–H groups in total. The highest BCUT2D eigenvalue weighted by Crippen LogP contribution is 2.48. The van der Waals surface area contributed by atoms with Crippen LogP contribution in [0.4, 0.5) is 65.9 Å². The number of nitrogens with zero attached hydrogens (tertiary/aromatic N) is 10. The third kappa shape index (κ3) is 19.7. The van der Waals surface area contributed by atoms with E-state index >= 15 is 0 Å². The lowest BCUT2D eigenvalue weighted by Gasteiger charge is -2.32. The Labute approximate surface area is 626 Å². The van der Waals surface area contributed by atoms with Gasteiger partial charge in [-0.05, 0) is 214 Å². The van der Waals surface area contributed by atoms with Crippen molar-refractivity contribution in [1.82, 2.24) is 49.8 Å². The second-order valence-electron chi connectivity index (χ2n) is 31.1. The SMILES string of the molecule is C[C@@H]1CC(c2ccc(C(F)(F)F)c3nccnc23)C[C@H](N)C1.C[C@@H]1C[C@H](N)C[C@@H](c2ccc(C(F)(F)F)c3nccnc23)C1.C[C@@H]1C[C@H](N)C[C@H](c2ccc(C(F)(F)F)c3nccnc23)C1.C[C@H]1C[C@@H](N)C[C@@H](c2ccc(C(F)(F)F)c3nccnc23)C1.C[C@H]1C[C@@H](N)C[C@H](c2ccc(C(F)(F)F)c3nccnc23)C1. The van der Waals surface area contributed by atoms with Crippen LogP contribution in [0.15, 0.2) is 123 Å². The minimum absolute atomic E-state index is 0.0701. The monoisotopic (exact) mass is 1550 g/mol. The van der Waals surface area contributed by atoms with E-state index in [9.17, 15) is 65.9 Å². The van der Waals surface area contributed by atoms with E-state index in [4.69, 9.17) is 28.7 Å². The molecule has 1 unspecified atom stereocenters. The van der Waals surface area contributed by atoms with Crippen LogP contribution in [0.5, 0.6) is 0 Å². The molecule has 15 nitrogen and oxygen atoms in total. The first-order valence-corrected chi connectivity index (χ1v) is 37.1. The molecule has 0 aliphatic heterocycles. The molecule has 5 fully saturated rings. The van der Waals surface area contributed by atoms with Crippen LogP contribution < -0.4 is 28.7 Å². The van der Waals surface area contributed by atoms with E-state index in [2.05, 4.69) is 84.5 Å². The van der Waals surface area contributed by atoms with Gasteiger partial charge in [0.2, 0.25) is 0 Å². The lowest BCUT2D eigenvalue weighted by Crippen LogP contribution is -2.31. The Balaban J connectivity index is 0.000000136. The first kappa shape index (κ1) is 82.5. The molecule has 5 aromatic carbocycles. The summed E-state index contributed by atoms with van der Waals surface area (Å²) in [5, 5.41) is 0. The Kier molecular flexibility index (Phi) is 25.4. The second kappa shape index (κ2) is 33.9. The zero-order chi connectivity index (χ0) is 79.5. The van der Waals surface area contributed by atoms with Gasteiger partial charge in [-0.3, -0.25) is 49.8 Å². The molecule has 0 spiro atoms. The van der Waals surface area contributed by atoms with Crippen molar-refractivity contribution >= 4 is 55.2 Å². The van der Waals surface area contributed by atoms with Gasteiger partial charge in [-0.15, -0.1) is 0 Å². The fourth-order valence-electron chi connectivity index (χ4n) is 17.7. The number of rotatable bonds is 5. The van der Waals surface area contributed by atoms with Crippen LogP contribution in [0.3, 0.4) is 0 Å². The molecule has 110 heavy (non-hydrogen) atoms. The summed E-state index contributed by atoms with van der Waals surface area (Å²) < 4.78 is 197. The number of aromatic nitrogens is 10. The van der Waals surface area contributed by atoms with E-state index in [1.54, 1.807) is 30.3 Å². The quantitative estimate of drug-likeness (QED) is 0.100. The fraction of sp³-hybridized carbons (Fsp3) is 0.500. The van der Waals surface area contributed by atoms with Crippen LogP contribution in [-0.2, 0) is 30.9 Å². The summed E-state index contributed by atoms with van der Waals surface area (Å²) in [6, 6.07) is 13.8. The van der Waals surface area contributed by atoms with Crippen molar-refractivity contribution in [3.63, 3.8) is 0 Å². The van der Waals surface area contributed by atoms with Gasteiger partial charge in [0.15, 0.2) is 0 Å². The van der Waals surface area contributed by atoms with Gasteiger partial charge in [0.05, 0.1) is 55.4 Å². The first-order valence-electron chi connectivity index (χ1n) is 37.1. The van der Waals surface area contributed by atoms with Crippen molar-refractivity contribution in [2.24, 2.45) is 58.3 Å². The maximum Gasteiger partial charge on any atom is 0.418 e. The number of fused-ring (bicyclic) bond motifs is 5. The van der Waals surface area contributed by atoms with Gasteiger partial charge in [0.25, 0.3) is 0 Å². The molecular formula is C80H90F15N15. The van der Waals surface area contributed by atoms with Crippen LogP contribution in [0.1, 0.15) is 216 Å². The number of nitrogens with two attached hydrogens (primary N) is 5. The van der Waals surface area contributed by atoms with Crippen molar-refractivity contribution in [2.75, 3.05) is 0 Å². The maximum absolute atomic E-state index is 13.1. The molecule has 5 aromatic heterocycles. The number of hydrogen-bond donors (Lipinski definition) is 5. The molecule has 15 atom stereocenters. The van der Waals surface area contributed by atoms with Crippen LogP contribution >= 0.6 is 0 Å². The Morgan fingerprint density at radius 1 is 0.209 bits per heavy atom. The third-order valence-corrected chi connectivity index (χ3v) is 21.9. The van der Waals surface area contributed by atoms with E-state index in [0.717, 1.165) is 154 Å². The number of hydrogen-bond acceptors (Lipinski definition) is 15. The Bertz CT molecular complexity index is 4060. The average molecular weight is 1550 g/mol. The zero-order valence-corrected chi connectivity index (χ0v) is 61.3. The molecular weight excluding hydrogens is 1460 g/mol. The number of halogens is 15. The van der Waals surface area contributed by atoms with Gasteiger partial charge in [0.1, 0.15) is 27.6 Å². The van der Waals surface area contributed by atoms with E-state index in [0.29, 0.717) is 57.2 Å². The molecule has 15 rings (SSSR count). The van der Waals surface area contributed by atoms with Gasteiger partial charge >= 0.3 is 30.9 Å². The van der Waals surface area contributed by atoms with Gasteiger partial charge in [-0.1, -0.05) is 65.0 Å². The molecule has 5 aliphatic rings. The normalized spacial score (nSPS) is 26.3. The van der Waals surface area contributed by atoms with Gasteiger partial charge in [-0.25, -0.2) is 0 Å². The van der Waals surface area contributed by atoms with Crippen molar-refractivity contribution in [3.05, 3.63) is 178 Å². The summed E-state index contributed by atoms with van der Waals surface area (Å²) in [4.78, 5) is 40.5. The summed E-state index contributed by atoms with van der Waals surface area (Å²) >= 11 is 0. The Hall–Kier alpha value is -8.45. The summed E-state index contributed by atoms with van der Waals surface area (Å²) in [6.45, 7) is 10.6. The molecule has 30 heteroatoms. The van der Waals surface area contributed by atoms with E-state index < -0.39 is 58.7 Å². The maximum atomic E-state index is 13.1. The number of alkyl halides is 15. The van der Waals surface area contributed by atoms with Crippen LogP contribution in [-0.4, -0.2) is 80.0 Å². The fourth-order valence-corrected chi connectivity index (χ4v) is 17.7. The van der Waals surface area contributed by atoms with Gasteiger partial charge < -0.3 is 28.7 Å². The molecule has 10 aromatic rings. The van der Waals surface area contributed by atoms with E-state index in [1.807, 2.05) is 0 Å². The minimum Gasteiger partial charge on any atom is -0.328 e. The highest BCUT2D eigenvalue weighted by atomic mass is 19.4. The average Bonchev–Trinajstić information content (AvgIpc) is 0.794. The molecule has 0 radical (unpaired) electrons. The van der Waals surface area contributed by atoms with Crippen molar-refractivity contribution in [3.8, 4) is 0 Å². The zero-order valence-electron chi connectivity index (χ0n) is 61.3. The second-order valence-corrected chi connectivity index (χ2v) is 31.1. The predicted octanol–water partition coefficient (Wildman–Crippen LogP) is 19.4. The predicted molar refractivity (Wildman–Crippen MR) is 391 cm³/mol. The van der Waals surface area contributed by atoms with Crippen LogP contribution in [0.2, 0.25) is 0 Å². The lowest BCUT2D eigenvalue weighted by atomic mass is 9.76. The highest BCUT2D eigenvalue weighted by Gasteiger charge is 2.42. The third-order valence-electron chi connectivity index (χ3n) is 21.9. The van der Waals surface area contributed by atoms with Gasteiger partial charge in [0, 0.05) is 92.2 Å². The molecule has 0 amide bonds. The highest BCUT2D eigenvalue weighted by molar-refractivity contribution is 5.86. The standard InChI is InChI=1S/5C16H18F3N3/c5*1-9-6-10(8-11(20)7-9)12-2-3-13(16(17,18)19)15-14(12)21-4-5-22-15/h5*2-5,9-11H,6-8,20H2,1H3/t9-,10?,11-;2*9-,10+,11-;2*9-,10-,11-/m11010/s1. The molecule has 5 saturated carbocycles. The Morgan fingerprint density at radius 3 is 0.473 bits per heavy atom. The summed E-state index contributed by atoms with van der Waals surface area (Å²) in [5.74, 6) is 3.00. The number of benzene rings is 5. The van der Waals surface area contributed by atoms with Crippen molar-refractivity contribution in [2.45, 2.75) is 222 Å². The smallest absolute Gasteiger partial charge is 0.328 e. The Morgan fingerprint density at radius 2 is 0.345 bits per heavy atom. The topological polar surface area (TPSA) is 259 Å². The van der Waals surface area contributed by atoms with Crippen LogP contribution in [0, 0.1) is 29.6 Å². The molecule has 5 heterocycles. The molecule has 590 valence electrons. The van der Waals surface area contributed by atoms with Crippen molar-refractivity contribution in [1.29, 1.82) is 0 Å². The van der Waals surface area contributed by atoms with Crippen molar-refractivity contribution < 1.29 is 65.9 Å². The van der Waals surface area contributed by atoms with Gasteiger partial charge in [-0.2, -0.15) is 65.9 Å². The molecule has 5 aliphatic carbocycles. The van der Waals surface area contributed by atoms with E-state index in [-0.39, 0.29) is 87.4 Å². The first-order chi connectivity index (χ1) is 51.8. The van der Waals surface area contributed by atoms with Crippen LogP contribution in [0.25, 0.3) is 55.2 Å². The summed E-state index contributed by atoms with van der Waals surface area (Å²) in [7, 11) is 0. The lowest BCUT2D eigenvalue weighted by molar-refractivity contribution is -0.137. The summed E-state index contributed by atoms with van der Waals surface area (Å²) in [5.41, 5.74) is 32.3. The molecule has 0 bridgehead atoms. The minimum atomic E-state index is -4.43. The van der Waals surface area contributed by atoms with E-state index in [1.165, 1.54) is 62.0 Å². The largest absolute Gasteiger partial charge is 0.418 e.